The van der Waals surface area contributed by atoms with Crippen LogP contribution in [0.25, 0.3) is 5.03 Å². The molecule has 0 atom stereocenters. The van der Waals surface area contributed by atoms with E-state index in [0.29, 0.717) is 5.03 Å². The standard InChI is InChI=1S/C10H8ClNOS.C2H6/c11-10-7(5-12-13)6-14-9-4-2-1-3-8(9)10;1-2/h1-5,13H,6H2;1-2H3/b12-5+;. The first-order valence-corrected chi connectivity index (χ1v) is 6.47. The number of nitrogens with zero attached hydrogens (tertiary/aromatic N) is 1. The third kappa shape index (κ3) is 2.80. The summed E-state index contributed by atoms with van der Waals surface area (Å²) in [5, 5.41) is 12.1. The van der Waals surface area contributed by atoms with E-state index in [1.165, 1.54) is 11.1 Å². The second-order valence-electron chi connectivity index (χ2n) is 2.87. The topological polar surface area (TPSA) is 32.6 Å². The SMILES string of the molecule is CC.O/N=C/C1=C(Cl)c2ccccc2SC1. The van der Waals surface area contributed by atoms with Gasteiger partial charge in [0.05, 0.1) is 11.2 Å². The first kappa shape index (κ1) is 13.1. The monoisotopic (exact) mass is 255 g/mol. The Morgan fingerprint density at radius 2 is 2.06 bits per heavy atom. The molecule has 0 aliphatic carbocycles. The molecule has 2 nitrogen and oxygen atoms in total. The maximum Gasteiger partial charge on any atom is 0.0717 e. The third-order valence-corrected chi connectivity index (χ3v) is 3.57. The number of halogens is 1. The van der Waals surface area contributed by atoms with Crippen molar-refractivity contribution in [3.05, 3.63) is 35.4 Å². The van der Waals surface area contributed by atoms with E-state index in [1.807, 2.05) is 38.1 Å². The minimum absolute atomic E-state index is 0.678. The zero-order valence-electron chi connectivity index (χ0n) is 9.27. The van der Waals surface area contributed by atoms with Crippen LogP contribution in [0.15, 0.2) is 39.9 Å². The molecule has 2 rings (SSSR count). The first-order valence-electron chi connectivity index (χ1n) is 5.11. The van der Waals surface area contributed by atoms with E-state index in [4.69, 9.17) is 16.8 Å². The van der Waals surface area contributed by atoms with Crippen LogP contribution < -0.4 is 0 Å². The van der Waals surface area contributed by atoms with Crippen molar-refractivity contribution in [2.75, 3.05) is 5.75 Å². The van der Waals surface area contributed by atoms with Gasteiger partial charge in [0.2, 0.25) is 0 Å². The van der Waals surface area contributed by atoms with Crippen molar-refractivity contribution in [3.8, 4) is 0 Å². The van der Waals surface area contributed by atoms with E-state index >= 15 is 0 Å². The van der Waals surface area contributed by atoms with Crippen LogP contribution in [0.3, 0.4) is 0 Å². The normalized spacial score (nSPS) is 14.4. The van der Waals surface area contributed by atoms with Crippen molar-refractivity contribution in [2.45, 2.75) is 18.7 Å². The predicted octanol–water partition coefficient (Wildman–Crippen LogP) is 4.23. The van der Waals surface area contributed by atoms with E-state index < -0.39 is 0 Å². The quantitative estimate of drug-likeness (QED) is 0.463. The smallest absolute Gasteiger partial charge is 0.0717 e. The summed E-state index contributed by atoms with van der Waals surface area (Å²) in [6.07, 6.45) is 1.39. The van der Waals surface area contributed by atoms with Crippen molar-refractivity contribution < 1.29 is 5.21 Å². The van der Waals surface area contributed by atoms with Gasteiger partial charge >= 0.3 is 0 Å². The second-order valence-corrected chi connectivity index (χ2v) is 4.26. The Bertz CT molecular complexity index is 415. The van der Waals surface area contributed by atoms with Gasteiger partial charge in [-0.1, -0.05) is 48.8 Å². The van der Waals surface area contributed by atoms with Crippen molar-refractivity contribution >= 4 is 34.6 Å². The number of fused-ring (bicyclic) bond motifs is 1. The maximum atomic E-state index is 8.45. The molecule has 0 spiro atoms. The predicted molar refractivity (Wildman–Crippen MR) is 71.6 cm³/mol. The molecule has 0 amide bonds. The molecular formula is C12H14ClNOS. The van der Waals surface area contributed by atoms with E-state index in [-0.39, 0.29) is 0 Å². The summed E-state index contributed by atoms with van der Waals surface area (Å²) < 4.78 is 0. The molecule has 1 heterocycles. The summed E-state index contributed by atoms with van der Waals surface area (Å²) in [6.45, 7) is 4.00. The fourth-order valence-electron chi connectivity index (χ4n) is 1.33. The highest BCUT2D eigenvalue weighted by atomic mass is 35.5. The van der Waals surface area contributed by atoms with Crippen LogP contribution >= 0.6 is 23.4 Å². The Hall–Kier alpha value is -0.930. The van der Waals surface area contributed by atoms with E-state index in [1.54, 1.807) is 11.8 Å². The Labute approximate surface area is 105 Å². The molecule has 0 saturated heterocycles. The number of rotatable bonds is 1. The first-order chi connectivity index (χ1) is 7.83. The highest BCUT2D eigenvalue weighted by Crippen LogP contribution is 2.38. The molecule has 1 aliphatic heterocycles. The molecule has 0 aromatic heterocycles. The fraction of sp³-hybridized carbons (Fsp3) is 0.250. The second kappa shape index (κ2) is 6.61. The number of benzene rings is 1. The number of hydrogen-bond acceptors (Lipinski definition) is 3. The lowest BCUT2D eigenvalue weighted by Gasteiger charge is -2.16. The average Bonchev–Trinajstić information content (AvgIpc) is 2.36. The lowest BCUT2D eigenvalue weighted by atomic mass is 10.1. The number of oxime groups is 1. The van der Waals surface area contributed by atoms with Crippen LogP contribution in [-0.2, 0) is 0 Å². The van der Waals surface area contributed by atoms with Gasteiger partial charge in [0.15, 0.2) is 0 Å². The Morgan fingerprint density at radius 1 is 1.38 bits per heavy atom. The summed E-state index contributed by atoms with van der Waals surface area (Å²) in [5.74, 6) is 0.750. The van der Waals surface area contributed by atoms with Gasteiger partial charge in [-0.3, -0.25) is 0 Å². The third-order valence-electron chi connectivity index (χ3n) is 2.00. The van der Waals surface area contributed by atoms with E-state index in [0.717, 1.165) is 16.9 Å². The van der Waals surface area contributed by atoms with Crippen molar-refractivity contribution in [1.29, 1.82) is 0 Å². The summed E-state index contributed by atoms with van der Waals surface area (Å²) >= 11 is 7.85. The van der Waals surface area contributed by atoms with Gasteiger partial charge < -0.3 is 5.21 Å². The van der Waals surface area contributed by atoms with Crippen molar-refractivity contribution in [1.82, 2.24) is 0 Å². The maximum absolute atomic E-state index is 8.45. The molecule has 0 radical (unpaired) electrons. The molecule has 86 valence electrons. The summed E-state index contributed by atoms with van der Waals surface area (Å²) in [7, 11) is 0. The molecule has 0 fully saturated rings. The van der Waals surface area contributed by atoms with Gasteiger partial charge in [0.25, 0.3) is 0 Å². The van der Waals surface area contributed by atoms with Crippen LogP contribution in [0, 0.1) is 0 Å². The van der Waals surface area contributed by atoms with Gasteiger partial charge in [-0.25, -0.2) is 0 Å². The highest BCUT2D eigenvalue weighted by molar-refractivity contribution is 7.99. The van der Waals surface area contributed by atoms with Crippen LogP contribution in [0.2, 0.25) is 0 Å². The van der Waals surface area contributed by atoms with Gasteiger partial charge in [-0.05, 0) is 6.07 Å². The molecule has 0 saturated carbocycles. The summed E-state index contributed by atoms with van der Waals surface area (Å²) in [5.41, 5.74) is 1.87. The van der Waals surface area contributed by atoms with Crippen LogP contribution in [0.5, 0.6) is 0 Å². The molecule has 1 N–H and O–H groups in total. The van der Waals surface area contributed by atoms with Gasteiger partial charge in [0, 0.05) is 21.8 Å². The molecule has 4 heteroatoms. The largest absolute Gasteiger partial charge is 0.411 e. The molecule has 1 aromatic carbocycles. The zero-order valence-corrected chi connectivity index (χ0v) is 10.8. The van der Waals surface area contributed by atoms with Crippen LogP contribution in [0.1, 0.15) is 19.4 Å². The zero-order chi connectivity index (χ0) is 12.0. The fourth-order valence-corrected chi connectivity index (χ4v) is 2.78. The van der Waals surface area contributed by atoms with Gasteiger partial charge in [-0.2, -0.15) is 0 Å². The molecule has 1 aliphatic rings. The molecule has 0 bridgehead atoms. The Morgan fingerprint density at radius 3 is 2.75 bits per heavy atom. The molecule has 16 heavy (non-hydrogen) atoms. The summed E-state index contributed by atoms with van der Waals surface area (Å²) in [4.78, 5) is 1.17. The highest BCUT2D eigenvalue weighted by Gasteiger charge is 2.16. The van der Waals surface area contributed by atoms with E-state index in [9.17, 15) is 0 Å². The number of hydrogen-bond donors (Lipinski definition) is 1. The lowest BCUT2D eigenvalue weighted by molar-refractivity contribution is 0.322. The minimum atomic E-state index is 0.678. The number of thioether (sulfide) groups is 1. The Balaban J connectivity index is 0.000000606. The van der Waals surface area contributed by atoms with Crippen molar-refractivity contribution in [3.63, 3.8) is 0 Å². The molecular weight excluding hydrogens is 242 g/mol. The van der Waals surface area contributed by atoms with E-state index in [2.05, 4.69) is 5.16 Å². The Kier molecular flexibility index (Phi) is 5.43. The van der Waals surface area contributed by atoms with Crippen LogP contribution in [0.4, 0.5) is 0 Å². The summed E-state index contributed by atoms with van der Waals surface area (Å²) in [6, 6.07) is 7.94. The molecule has 0 unspecified atom stereocenters. The molecule has 1 aromatic rings. The minimum Gasteiger partial charge on any atom is -0.411 e. The van der Waals surface area contributed by atoms with Gasteiger partial charge in [0.1, 0.15) is 0 Å². The lowest BCUT2D eigenvalue weighted by Crippen LogP contribution is -2.00. The van der Waals surface area contributed by atoms with Crippen molar-refractivity contribution in [2.24, 2.45) is 5.16 Å². The van der Waals surface area contributed by atoms with Gasteiger partial charge in [-0.15, -0.1) is 11.8 Å². The average molecular weight is 256 g/mol. The van der Waals surface area contributed by atoms with Crippen LogP contribution in [-0.4, -0.2) is 17.2 Å².